The third kappa shape index (κ3) is 32.5. The molecule has 4 N–H and O–H groups in total. The van der Waals surface area contributed by atoms with Gasteiger partial charge >= 0.3 is 7.82 Å². The average Bonchev–Trinajstić information content (AvgIpc) is 2.97. The summed E-state index contributed by atoms with van der Waals surface area (Å²) in [4.78, 5) is 30.7. The molecule has 0 spiro atoms. The maximum Gasteiger partial charge on any atom is 0.469 e. The van der Waals surface area contributed by atoms with Crippen molar-refractivity contribution in [1.82, 2.24) is 5.32 Å². The number of aliphatic hydroxyl groups excluding tert-OH is 1. The van der Waals surface area contributed by atoms with Crippen LogP contribution in [0.3, 0.4) is 0 Å². The Morgan fingerprint density at radius 3 is 1.42 bits per heavy atom. The van der Waals surface area contributed by atoms with E-state index in [1.165, 1.54) is 128 Å². The van der Waals surface area contributed by atoms with E-state index in [9.17, 15) is 14.5 Å². The summed E-state index contributed by atoms with van der Waals surface area (Å²) in [5, 5.41) is 13.3. The van der Waals surface area contributed by atoms with Crippen LogP contribution < -0.4 is 5.32 Å². The van der Waals surface area contributed by atoms with Crippen molar-refractivity contribution >= 4 is 13.7 Å². The van der Waals surface area contributed by atoms with Crippen LogP contribution in [0.4, 0.5) is 0 Å². The molecule has 1 amide bonds. The Labute approximate surface area is 265 Å². The molecule has 0 saturated carbocycles. The second kappa shape index (κ2) is 31.3. The quantitative estimate of drug-likeness (QED) is 0.0325. The van der Waals surface area contributed by atoms with Gasteiger partial charge in [-0.25, -0.2) is 4.57 Å². The standard InChI is InChI=1S/C35H70NO6P/c1-3-5-7-9-11-13-15-16-17-18-19-21-22-24-26-28-30-34(37)33(32-42-43(39,40)41)36-35(38)31-29-27-25-23-20-14-12-10-8-6-4-2/h28,30,33-34,37H,3-27,29,31-32H2,1-2H3,(H,36,38)(H2,39,40,41)/b30-28+/t33-,34+/m0/s1. The van der Waals surface area contributed by atoms with Gasteiger partial charge in [0, 0.05) is 6.42 Å². The van der Waals surface area contributed by atoms with Crippen molar-refractivity contribution in [2.24, 2.45) is 0 Å². The molecule has 0 saturated heterocycles. The molecule has 0 unspecified atom stereocenters. The predicted octanol–water partition coefficient (Wildman–Crippen LogP) is 10.1. The number of rotatable bonds is 33. The minimum atomic E-state index is -4.70. The molecule has 0 aromatic heterocycles. The SMILES string of the molecule is CCCCCCCCCCCCCCCC/C=C/[C@@H](O)[C@H](COP(=O)(O)O)NC(=O)CCCCCCCCCCCCC. The monoisotopic (exact) mass is 631 g/mol. The number of phosphoric ester groups is 1. The highest BCUT2D eigenvalue weighted by Crippen LogP contribution is 2.35. The molecule has 0 heterocycles. The zero-order valence-electron chi connectivity index (χ0n) is 28.1. The van der Waals surface area contributed by atoms with E-state index in [4.69, 9.17) is 9.79 Å². The summed E-state index contributed by atoms with van der Waals surface area (Å²) in [6, 6.07) is -0.902. The molecular formula is C35H70NO6P. The highest BCUT2D eigenvalue weighted by Gasteiger charge is 2.24. The molecule has 0 aliphatic rings. The molecule has 8 heteroatoms. The lowest BCUT2D eigenvalue weighted by molar-refractivity contribution is -0.123. The molecule has 0 aliphatic carbocycles. The van der Waals surface area contributed by atoms with Crippen molar-refractivity contribution in [3.8, 4) is 0 Å². The van der Waals surface area contributed by atoms with Crippen LogP contribution in [-0.2, 0) is 13.9 Å². The van der Waals surface area contributed by atoms with E-state index in [0.717, 1.165) is 38.5 Å². The topological polar surface area (TPSA) is 116 Å². The molecule has 0 aliphatic heterocycles. The smallest absolute Gasteiger partial charge is 0.387 e. The molecule has 0 fully saturated rings. The highest BCUT2D eigenvalue weighted by molar-refractivity contribution is 7.46. The summed E-state index contributed by atoms with van der Waals surface area (Å²) in [6.07, 6.45) is 35.1. The minimum absolute atomic E-state index is 0.227. The van der Waals surface area contributed by atoms with Crippen LogP contribution in [-0.4, -0.2) is 39.6 Å². The zero-order valence-corrected chi connectivity index (χ0v) is 29.0. The average molecular weight is 632 g/mol. The van der Waals surface area contributed by atoms with Crippen molar-refractivity contribution in [3.63, 3.8) is 0 Å². The number of phosphoric acid groups is 1. The van der Waals surface area contributed by atoms with Gasteiger partial charge in [0.25, 0.3) is 0 Å². The van der Waals surface area contributed by atoms with E-state index in [0.29, 0.717) is 6.42 Å². The summed E-state index contributed by atoms with van der Waals surface area (Å²) in [5.41, 5.74) is 0. The molecule has 0 aromatic rings. The maximum absolute atomic E-state index is 12.5. The van der Waals surface area contributed by atoms with Gasteiger partial charge in [-0.2, -0.15) is 0 Å². The summed E-state index contributed by atoms with van der Waals surface area (Å²) < 4.78 is 15.8. The molecule has 0 bridgehead atoms. The van der Waals surface area contributed by atoms with Gasteiger partial charge < -0.3 is 20.2 Å². The second-order valence-corrected chi connectivity index (χ2v) is 13.8. The minimum Gasteiger partial charge on any atom is -0.387 e. The molecule has 256 valence electrons. The number of amides is 1. The second-order valence-electron chi connectivity index (χ2n) is 12.5. The molecule has 0 radical (unpaired) electrons. The van der Waals surface area contributed by atoms with Gasteiger partial charge in [-0.15, -0.1) is 0 Å². The summed E-state index contributed by atoms with van der Waals surface area (Å²) >= 11 is 0. The van der Waals surface area contributed by atoms with Gasteiger partial charge in [0.1, 0.15) is 0 Å². The largest absolute Gasteiger partial charge is 0.469 e. The van der Waals surface area contributed by atoms with Gasteiger partial charge in [-0.3, -0.25) is 9.32 Å². The molecule has 43 heavy (non-hydrogen) atoms. The zero-order chi connectivity index (χ0) is 31.9. The third-order valence-electron chi connectivity index (χ3n) is 8.25. The third-order valence-corrected chi connectivity index (χ3v) is 8.73. The summed E-state index contributed by atoms with van der Waals surface area (Å²) in [6.45, 7) is 4.05. The fourth-order valence-electron chi connectivity index (χ4n) is 5.46. The number of allylic oxidation sites excluding steroid dienone is 1. The summed E-state index contributed by atoms with van der Waals surface area (Å²) in [5.74, 6) is -0.227. The first kappa shape index (κ1) is 42.3. The van der Waals surface area contributed by atoms with Crippen molar-refractivity contribution in [3.05, 3.63) is 12.2 Å². The van der Waals surface area contributed by atoms with E-state index in [-0.39, 0.29) is 5.91 Å². The Balaban J connectivity index is 4.04. The molecule has 2 atom stereocenters. The number of aliphatic hydroxyl groups is 1. The lowest BCUT2D eigenvalue weighted by Crippen LogP contribution is -2.45. The Morgan fingerprint density at radius 1 is 0.651 bits per heavy atom. The van der Waals surface area contributed by atoms with Gasteiger partial charge in [0.15, 0.2) is 0 Å². The lowest BCUT2D eigenvalue weighted by atomic mass is 10.0. The fourth-order valence-corrected chi connectivity index (χ4v) is 5.81. The van der Waals surface area contributed by atoms with Gasteiger partial charge in [0.05, 0.1) is 18.8 Å². The Bertz CT molecular complexity index is 683. The van der Waals surface area contributed by atoms with E-state index < -0.39 is 26.6 Å². The number of nitrogens with one attached hydrogen (secondary N) is 1. The van der Waals surface area contributed by atoms with Crippen LogP contribution in [0.1, 0.15) is 187 Å². The van der Waals surface area contributed by atoms with Crippen LogP contribution in [0.15, 0.2) is 12.2 Å². The fraction of sp³-hybridized carbons (Fsp3) is 0.914. The first-order valence-corrected chi connectivity index (χ1v) is 19.7. The number of carbonyl (C=O) groups is 1. The van der Waals surface area contributed by atoms with Crippen LogP contribution in [0, 0.1) is 0 Å². The Hall–Kier alpha value is -0.720. The van der Waals surface area contributed by atoms with Crippen molar-refractivity contribution in [2.75, 3.05) is 6.61 Å². The van der Waals surface area contributed by atoms with Crippen LogP contribution in [0.2, 0.25) is 0 Å². The normalized spacial score (nSPS) is 13.5. The molecular weight excluding hydrogens is 561 g/mol. The molecule has 0 rings (SSSR count). The predicted molar refractivity (Wildman–Crippen MR) is 181 cm³/mol. The Morgan fingerprint density at radius 2 is 1.02 bits per heavy atom. The number of hydrogen-bond donors (Lipinski definition) is 4. The van der Waals surface area contributed by atoms with Gasteiger partial charge in [-0.05, 0) is 19.3 Å². The van der Waals surface area contributed by atoms with Crippen molar-refractivity contribution in [1.29, 1.82) is 0 Å². The van der Waals surface area contributed by atoms with E-state index in [2.05, 4.69) is 23.7 Å². The lowest BCUT2D eigenvalue weighted by Gasteiger charge is -2.22. The first-order valence-electron chi connectivity index (χ1n) is 18.1. The van der Waals surface area contributed by atoms with Gasteiger partial charge in [0.2, 0.25) is 5.91 Å². The number of unbranched alkanes of at least 4 members (excludes halogenated alkanes) is 24. The van der Waals surface area contributed by atoms with Crippen LogP contribution in [0.25, 0.3) is 0 Å². The van der Waals surface area contributed by atoms with E-state index in [1.54, 1.807) is 6.08 Å². The number of hydrogen-bond acceptors (Lipinski definition) is 4. The van der Waals surface area contributed by atoms with Crippen LogP contribution >= 0.6 is 7.82 Å². The van der Waals surface area contributed by atoms with E-state index >= 15 is 0 Å². The van der Waals surface area contributed by atoms with Crippen LogP contribution in [0.5, 0.6) is 0 Å². The van der Waals surface area contributed by atoms with Crippen molar-refractivity contribution < 1.29 is 28.8 Å². The first-order chi connectivity index (χ1) is 20.8. The number of carbonyl (C=O) groups excluding carboxylic acids is 1. The molecule has 0 aromatic carbocycles. The summed E-state index contributed by atoms with van der Waals surface area (Å²) in [7, 11) is -4.70. The Kier molecular flexibility index (Phi) is 30.7. The van der Waals surface area contributed by atoms with Crippen molar-refractivity contribution in [2.45, 2.75) is 199 Å². The van der Waals surface area contributed by atoms with E-state index in [1.807, 2.05) is 6.08 Å². The highest BCUT2D eigenvalue weighted by atomic mass is 31.2. The van der Waals surface area contributed by atoms with Gasteiger partial charge in [-0.1, -0.05) is 174 Å². The molecule has 7 nitrogen and oxygen atoms in total. The maximum atomic E-state index is 12.5.